The van der Waals surface area contributed by atoms with Crippen molar-refractivity contribution in [3.05, 3.63) is 82.0 Å². The summed E-state index contributed by atoms with van der Waals surface area (Å²) in [6.45, 7) is -0.738. The molecule has 0 spiro atoms. The van der Waals surface area contributed by atoms with Crippen LogP contribution >= 0.6 is 7.60 Å². The topological polar surface area (TPSA) is 134 Å². The van der Waals surface area contributed by atoms with Crippen molar-refractivity contribution < 1.29 is 23.5 Å². The summed E-state index contributed by atoms with van der Waals surface area (Å²) < 4.78 is 22.5. The van der Waals surface area contributed by atoms with E-state index in [-0.39, 0.29) is 11.3 Å². The van der Waals surface area contributed by atoms with E-state index in [4.69, 9.17) is 15.1 Å². The lowest BCUT2D eigenvalue weighted by Gasteiger charge is -2.09. The molecule has 0 bridgehead atoms. The second-order valence-corrected chi connectivity index (χ2v) is 7.27. The molecule has 0 aliphatic carbocycles. The van der Waals surface area contributed by atoms with E-state index >= 15 is 0 Å². The van der Waals surface area contributed by atoms with Gasteiger partial charge in [0.25, 0.3) is 5.56 Å². The SMILES string of the molecule is Nn1c(=O)c(/C=C/P(=O)(O)OCOC(=O)c2ccccc2)nc2ccccc21. The van der Waals surface area contributed by atoms with E-state index in [1.54, 1.807) is 42.5 Å². The van der Waals surface area contributed by atoms with Crippen LogP contribution in [0.1, 0.15) is 16.1 Å². The molecule has 1 heterocycles. The number of esters is 1. The average Bonchev–Trinajstić information content (AvgIpc) is 2.70. The summed E-state index contributed by atoms with van der Waals surface area (Å²) in [6.07, 6.45) is 1.04. The van der Waals surface area contributed by atoms with E-state index in [1.807, 2.05) is 0 Å². The van der Waals surface area contributed by atoms with Crippen molar-refractivity contribution in [3.8, 4) is 0 Å². The number of carbonyl (C=O) groups is 1. The molecule has 10 heteroatoms. The largest absolute Gasteiger partial charge is 0.434 e. The molecule has 3 aromatic rings. The molecule has 0 radical (unpaired) electrons. The van der Waals surface area contributed by atoms with E-state index in [9.17, 15) is 19.0 Å². The van der Waals surface area contributed by atoms with Gasteiger partial charge in [-0.1, -0.05) is 30.3 Å². The summed E-state index contributed by atoms with van der Waals surface area (Å²) in [4.78, 5) is 37.9. The average molecular weight is 401 g/mol. The summed E-state index contributed by atoms with van der Waals surface area (Å²) in [6, 6.07) is 14.8. The lowest BCUT2D eigenvalue weighted by Crippen LogP contribution is -2.30. The van der Waals surface area contributed by atoms with Crippen LogP contribution in [-0.4, -0.2) is 27.3 Å². The summed E-state index contributed by atoms with van der Waals surface area (Å²) in [5.74, 6) is 5.81. The lowest BCUT2D eigenvalue weighted by molar-refractivity contribution is 0.0134. The van der Waals surface area contributed by atoms with Crippen LogP contribution in [0.2, 0.25) is 0 Å². The monoisotopic (exact) mass is 401 g/mol. The Labute approximate surface area is 159 Å². The van der Waals surface area contributed by atoms with Gasteiger partial charge in [-0.25, -0.2) is 14.5 Å². The molecule has 9 nitrogen and oxygen atoms in total. The van der Waals surface area contributed by atoms with Gasteiger partial charge in [-0.15, -0.1) is 0 Å². The predicted octanol–water partition coefficient (Wildman–Crippen LogP) is 2.10. The van der Waals surface area contributed by atoms with Gasteiger partial charge in [-0.2, -0.15) is 0 Å². The molecule has 0 amide bonds. The number of nitrogen functional groups attached to an aromatic ring is 1. The highest BCUT2D eigenvalue weighted by atomic mass is 31.2. The third-order valence-corrected chi connectivity index (χ3v) is 4.68. The second kappa shape index (κ2) is 8.18. The van der Waals surface area contributed by atoms with Gasteiger partial charge >= 0.3 is 13.6 Å². The fourth-order valence-corrected chi connectivity index (χ4v) is 2.92. The molecule has 3 rings (SSSR count). The first kappa shape index (κ1) is 19.5. The van der Waals surface area contributed by atoms with Gasteiger partial charge in [0.2, 0.25) is 6.79 Å². The van der Waals surface area contributed by atoms with Crippen molar-refractivity contribution in [2.75, 3.05) is 12.6 Å². The van der Waals surface area contributed by atoms with Crippen LogP contribution in [0, 0.1) is 0 Å². The highest BCUT2D eigenvalue weighted by molar-refractivity contribution is 7.56. The van der Waals surface area contributed by atoms with Gasteiger partial charge in [0.1, 0.15) is 5.69 Å². The lowest BCUT2D eigenvalue weighted by atomic mass is 10.2. The molecule has 28 heavy (non-hydrogen) atoms. The van der Waals surface area contributed by atoms with Gasteiger partial charge in [0.15, 0.2) is 0 Å². The summed E-state index contributed by atoms with van der Waals surface area (Å²) in [5.41, 5.74) is 0.347. The maximum Gasteiger partial charge on any atom is 0.354 e. The molecule has 3 N–H and O–H groups in total. The number of ether oxygens (including phenoxy) is 1. The molecule has 0 aliphatic rings. The van der Waals surface area contributed by atoms with Crippen LogP contribution in [0.3, 0.4) is 0 Å². The molecule has 0 saturated carbocycles. The molecule has 1 atom stereocenters. The van der Waals surface area contributed by atoms with Crippen molar-refractivity contribution in [2.24, 2.45) is 0 Å². The Morgan fingerprint density at radius 3 is 2.61 bits per heavy atom. The predicted molar refractivity (Wildman–Crippen MR) is 103 cm³/mol. The number of benzene rings is 2. The van der Waals surface area contributed by atoms with E-state index in [2.05, 4.69) is 4.98 Å². The summed E-state index contributed by atoms with van der Waals surface area (Å²) in [5, 5.41) is 0. The number of nitrogens with zero attached hydrogens (tertiary/aromatic N) is 2. The Morgan fingerprint density at radius 1 is 1.18 bits per heavy atom. The third-order valence-electron chi connectivity index (χ3n) is 3.68. The Kier molecular flexibility index (Phi) is 5.70. The van der Waals surface area contributed by atoms with Crippen LogP contribution in [0.5, 0.6) is 0 Å². The molecule has 0 aliphatic heterocycles. The van der Waals surface area contributed by atoms with Gasteiger partial charge in [-0.05, 0) is 30.3 Å². The number of hydrogen-bond acceptors (Lipinski definition) is 7. The number of fused-ring (bicyclic) bond motifs is 1. The highest BCUT2D eigenvalue weighted by Crippen LogP contribution is 2.43. The zero-order chi connectivity index (χ0) is 20.1. The van der Waals surface area contributed by atoms with E-state index < -0.39 is 25.9 Å². The minimum Gasteiger partial charge on any atom is -0.434 e. The normalized spacial score (nSPS) is 13.5. The molecular formula is C18H16N3O6P. The van der Waals surface area contributed by atoms with Gasteiger partial charge in [-0.3, -0.25) is 13.9 Å². The minimum atomic E-state index is -4.29. The first-order valence-electron chi connectivity index (χ1n) is 8.03. The van der Waals surface area contributed by atoms with Crippen LogP contribution < -0.4 is 11.4 Å². The number of nitrogens with two attached hydrogens (primary N) is 1. The number of rotatable bonds is 6. The second-order valence-electron chi connectivity index (χ2n) is 5.59. The van der Waals surface area contributed by atoms with Crippen LogP contribution in [0.4, 0.5) is 0 Å². The van der Waals surface area contributed by atoms with Crippen molar-refractivity contribution in [1.29, 1.82) is 0 Å². The summed E-state index contributed by atoms with van der Waals surface area (Å²) >= 11 is 0. The fraction of sp³-hybridized carbons (Fsp3) is 0.0556. The number of aromatic nitrogens is 2. The molecule has 1 aromatic heterocycles. The Balaban J connectivity index is 1.68. The minimum absolute atomic E-state index is 0.139. The van der Waals surface area contributed by atoms with Gasteiger partial charge in [0.05, 0.1) is 16.6 Å². The first-order chi connectivity index (χ1) is 13.4. The van der Waals surface area contributed by atoms with E-state index in [0.29, 0.717) is 11.0 Å². The zero-order valence-electron chi connectivity index (χ0n) is 14.5. The smallest absolute Gasteiger partial charge is 0.354 e. The van der Waals surface area contributed by atoms with Crippen LogP contribution in [-0.2, 0) is 13.8 Å². The molecular weight excluding hydrogens is 385 g/mol. The highest BCUT2D eigenvalue weighted by Gasteiger charge is 2.17. The van der Waals surface area contributed by atoms with Crippen LogP contribution in [0.25, 0.3) is 17.1 Å². The maximum absolute atomic E-state index is 12.2. The zero-order valence-corrected chi connectivity index (χ0v) is 15.4. The Bertz CT molecular complexity index is 1140. The Hall–Kier alpha value is -3.26. The van der Waals surface area contributed by atoms with Gasteiger partial charge in [0, 0.05) is 5.82 Å². The quantitative estimate of drug-likeness (QED) is 0.278. The molecule has 0 saturated heterocycles. The number of carbonyl (C=O) groups excluding carboxylic acids is 1. The third kappa shape index (κ3) is 4.52. The maximum atomic E-state index is 12.2. The standard InChI is InChI=1S/C18H16N3O6P/c19-21-16-9-5-4-8-14(16)20-15(17(21)22)10-11-28(24,25)27-12-26-18(23)13-6-2-1-3-7-13/h1-11H,12,19H2,(H,24,25)/b11-10+. The summed E-state index contributed by atoms with van der Waals surface area (Å²) in [7, 11) is -4.29. The van der Waals surface area contributed by atoms with Crippen molar-refractivity contribution in [3.63, 3.8) is 0 Å². The van der Waals surface area contributed by atoms with Crippen molar-refractivity contribution >= 4 is 30.7 Å². The molecule has 0 fully saturated rings. The Morgan fingerprint density at radius 2 is 1.86 bits per heavy atom. The van der Waals surface area contributed by atoms with Crippen molar-refractivity contribution in [1.82, 2.24) is 9.66 Å². The number of hydrogen-bond donors (Lipinski definition) is 2. The van der Waals surface area contributed by atoms with E-state index in [1.165, 1.54) is 12.1 Å². The van der Waals surface area contributed by atoms with Crippen LogP contribution in [0.15, 0.2) is 65.2 Å². The molecule has 2 aromatic carbocycles. The van der Waals surface area contributed by atoms with Crippen molar-refractivity contribution in [2.45, 2.75) is 0 Å². The number of para-hydroxylation sites is 2. The van der Waals surface area contributed by atoms with E-state index in [0.717, 1.165) is 16.6 Å². The molecule has 144 valence electrons. The van der Waals surface area contributed by atoms with Gasteiger partial charge < -0.3 is 15.5 Å². The fourth-order valence-electron chi connectivity index (χ4n) is 2.30. The first-order valence-corrected chi connectivity index (χ1v) is 9.67. The molecule has 1 unspecified atom stereocenters.